The normalized spacial score (nSPS) is 12.6. The molecule has 0 aliphatic carbocycles. The SMILES string of the molecule is CCCCCCCCCCCCCCCC(C)N(C)Cc1ccccc1. The topological polar surface area (TPSA) is 3.24 Å². The van der Waals surface area contributed by atoms with Crippen molar-refractivity contribution >= 4 is 0 Å². The van der Waals surface area contributed by atoms with Gasteiger partial charge in [0.25, 0.3) is 0 Å². The predicted molar refractivity (Wildman–Crippen MR) is 118 cm³/mol. The van der Waals surface area contributed by atoms with Crippen LogP contribution in [-0.4, -0.2) is 18.0 Å². The Morgan fingerprint density at radius 3 is 1.65 bits per heavy atom. The third-order valence-corrected chi connectivity index (χ3v) is 5.75. The van der Waals surface area contributed by atoms with Crippen LogP contribution in [0.3, 0.4) is 0 Å². The lowest BCUT2D eigenvalue weighted by atomic mass is 10.0. The van der Waals surface area contributed by atoms with Gasteiger partial charge >= 0.3 is 0 Å². The van der Waals surface area contributed by atoms with Crippen LogP contribution in [0.4, 0.5) is 0 Å². The van der Waals surface area contributed by atoms with Gasteiger partial charge < -0.3 is 0 Å². The van der Waals surface area contributed by atoms with Crippen LogP contribution in [0, 0.1) is 0 Å². The van der Waals surface area contributed by atoms with Crippen LogP contribution < -0.4 is 0 Å². The number of nitrogens with zero attached hydrogens (tertiary/aromatic N) is 1. The van der Waals surface area contributed by atoms with Crippen molar-refractivity contribution in [2.45, 2.75) is 116 Å². The van der Waals surface area contributed by atoms with E-state index in [1.54, 1.807) is 0 Å². The van der Waals surface area contributed by atoms with Crippen LogP contribution in [0.15, 0.2) is 30.3 Å². The summed E-state index contributed by atoms with van der Waals surface area (Å²) < 4.78 is 0. The Balaban J connectivity index is 1.87. The molecule has 0 saturated heterocycles. The Morgan fingerprint density at radius 2 is 1.15 bits per heavy atom. The molecule has 1 rings (SSSR count). The van der Waals surface area contributed by atoms with Crippen LogP contribution in [0.25, 0.3) is 0 Å². The molecular formula is C25H45N. The van der Waals surface area contributed by atoms with Crippen molar-refractivity contribution in [1.82, 2.24) is 4.90 Å². The number of hydrogen-bond donors (Lipinski definition) is 0. The van der Waals surface area contributed by atoms with E-state index in [1.807, 2.05) is 0 Å². The lowest BCUT2D eigenvalue weighted by Gasteiger charge is -2.24. The molecule has 150 valence electrons. The maximum atomic E-state index is 2.50. The van der Waals surface area contributed by atoms with Crippen LogP contribution in [0.1, 0.15) is 109 Å². The molecule has 0 amide bonds. The quantitative estimate of drug-likeness (QED) is 0.255. The fourth-order valence-electron chi connectivity index (χ4n) is 3.71. The van der Waals surface area contributed by atoms with Gasteiger partial charge in [0.2, 0.25) is 0 Å². The average molecular weight is 360 g/mol. The molecule has 0 aromatic heterocycles. The summed E-state index contributed by atoms with van der Waals surface area (Å²) in [6.45, 7) is 5.74. The van der Waals surface area contributed by atoms with Crippen molar-refractivity contribution in [3.05, 3.63) is 35.9 Å². The smallest absolute Gasteiger partial charge is 0.0233 e. The molecule has 0 aliphatic rings. The highest BCUT2D eigenvalue weighted by atomic mass is 15.1. The van der Waals surface area contributed by atoms with Crippen LogP contribution in [-0.2, 0) is 6.54 Å². The van der Waals surface area contributed by atoms with Crippen LogP contribution >= 0.6 is 0 Å². The van der Waals surface area contributed by atoms with Gasteiger partial charge in [-0.05, 0) is 26.0 Å². The molecule has 1 nitrogen and oxygen atoms in total. The third-order valence-electron chi connectivity index (χ3n) is 5.75. The van der Waals surface area contributed by atoms with Crippen molar-refractivity contribution in [1.29, 1.82) is 0 Å². The zero-order chi connectivity index (χ0) is 18.9. The standard InChI is InChI=1S/C25H45N/c1-4-5-6-7-8-9-10-11-12-13-14-15-17-20-24(2)26(3)23-25-21-18-16-19-22-25/h16,18-19,21-22,24H,4-15,17,20,23H2,1-3H3. The molecule has 26 heavy (non-hydrogen) atoms. The van der Waals surface area contributed by atoms with E-state index < -0.39 is 0 Å². The summed E-state index contributed by atoms with van der Waals surface area (Å²) in [6, 6.07) is 11.5. The predicted octanol–water partition coefficient (Wildman–Crippen LogP) is 7.99. The number of unbranched alkanes of at least 4 members (excludes halogenated alkanes) is 12. The average Bonchev–Trinajstić information content (AvgIpc) is 2.66. The van der Waals surface area contributed by atoms with Crippen molar-refractivity contribution in [3.8, 4) is 0 Å². The van der Waals surface area contributed by atoms with Gasteiger partial charge in [-0.2, -0.15) is 0 Å². The molecule has 0 saturated carbocycles. The molecule has 0 radical (unpaired) electrons. The molecule has 0 spiro atoms. The maximum Gasteiger partial charge on any atom is 0.0233 e. The van der Waals surface area contributed by atoms with Gasteiger partial charge in [-0.15, -0.1) is 0 Å². The summed E-state index contributed by atoms with van der Waals surface area (Å²) in [4.78, 5) is 2.50. The van der Waals surface area contributed by atoms with E-state index in [2.05, 4.69) is 56.1 Å². The van der Waals surface area contributed by atoms with Gasteiger partial charge in [-0.1, -0.05) is 121 Å². The molecule has 1 aromatic rings. The monoisotopic (exact) mass is 359 g/mol. The van der Waals surface area contributed by atoms with Gasteiger partial charge in [-0.3, -0.25) is 4.90 Å². The third kappa shape index (κ3) is 12.5. The van der Waals surface area contributed by atoms with E-state index in [4.69, 9.17) is 0 Å². The van der Waals surface area contributed by atoms with Gasteiger partial charge in [0, 0.05) is 12.6 Å². The molecule has 1 atom stereocenters. The summed E-state index contributed by atoms with van der Waals surface area (Å²) in [6.07, 6.45) is 20.1. The zero-order valence-electron chi connectivity index (χ0n) is 18.0. The molecule has 0 heterocycles. The highest BCUT2D eigenvalue weighted by Gasteiger charge is 2.09. The molecule has 1 aromatic carbocycles. The van der Waals surface area contributed by atoms with E-state index >= 15 is 0 Å². The van der Waals surface area contributed by atoms with Crippen molar-refractivity contribution in [2.24, 2.45) is 0 Å². The van der Waals surface area contributed by atoms with Gasteiger partial charge in [0.15, 0.2) is 0 Å². The van der Waals surface area contributed by atoms with Gasteiger partial charge in [0.1, 0.15) is 0 Å². The number of benzene rings is 1. The lowest BCUT2D eigenvalue weighted by molar-refractivity contribution is 0.233. The fraction of sp³-hybridized carbons (Fsp3) is 0.760. The summed E-state index contributed by atoms with van der Waals surface area (Å²) >= 11 is 0. The minimum atomic E-state index is 0.683. The minimum absolute atomic E-state index is 0.683. The molecule has 0 N–H and O–H groups in total. The van der Waals surface area contributed by atoms with Crippen molar-refractivity contribution in [2.75, 3.05) is 7.05 Å². The molecule has 1 unspecified atom stereocenters. The van der Waals surface area contributed by atoms with E-state index in [-0.39, 0.29) is 0 Å². The summed E-state index contributed by atoms with van der Waals surface area (Å²) in [5.41, 5.74) is 1.42. The van der Waals surface area contributed by atoms with Crippen LogP contribution in [0.5, 0.6) is 0 Å². The minimum Gasteiger partial charge on any atom is -0.299 e. The molecule has 0 fully saturated rings. The number of hydrogen-bond acceptors (Lipinski definition) is 1. The Morgan fingerprint density at radius 1 is 0.692 bits per heavy atom. The first-order valence-electron chi connectivity index (χ1n) is 11.5. The summed E-state index contributed by atoms with van der Waals surface area (Å²) in [5, 5.41) is 0. The van der Waals surface area contributed by atoms with E-state index in [1.165, 1.54) is 95.5 Å². The maximum absolute atomic E-state index is 2.50. The second-order valence-electron chi connectivity index (χ2n) is 8.28. The first-order valence-corrected chi connectivity index (χ1v) is 11.5. The zero-order valence-corrected chi connectivity index (χ0v) is 18.0. The first kappa shape index (κ1) is 23.2. The van der Waals surface area contributed by atoms with Crippen molar-refractivity contribution < 1.29 is 0 Å². The van der Waals surface area contributed by atoms with E-state index in [0.717, 1.165) is 6.54 Å². The van der Waals surface area contributed by atoms with Gasteiger partial charge in [0.05, 0.1) is 0 Å². The Kier molecular flexibility index (Phi) is 14.6. The highest BCUT2D eigenvalue weighted by molar-refractivity contribution is 5.14. The van der Waals surface area contributed by atoms with E-state index in [9.17, 15) is 0 Å². The second kappa shape index (κ2) is 16.4. The Bertz CT molecular complexity index is 400. The molecule has 0 bridgehead atoms. The molecular weight excluding hydrogens is 314 g/mol. The van der Waals surface area contributed by atoms with Crippen LogP contribution in [0.2, 0.25) is 0 Å². The summed E-state index contributed by atoms with van der Waals surface area (Å²) in [7, 11) is 2.26. The molecule has 1 heteroatoms. The van der Waals surface area contributed by atoms with Gasteiger partial charge in [-0.25, -0.2) is 0 Å². The number of rotatable bonds is 17. The van der Waals surface area contributed by atoms with E-state index in [0.29, 0.717) is 6.04 Å². The fourth-order valence-corrected chi connectivity index (χ4v) is 3.71. The molecule has 0 aliphatic heterocycles. The Labute approximate surface area is 164 Å². The second-order valence-corrected chi connectivity index (χ2v) is 8.28. The largest absolute Gasteiger partial charge is 0.299 e. The first-order chi connectivity index (χ1) is 12.7. The Hall–Kier alpha value is -0.820. The lowest BCUT2D eigenvalue weighted by Crippen LogP contribution is -2.28. The summed E-state index contributed by atoms with van der Waals surface area (Å²) in [5.74, 6) is 0. The van der Waals surface area contributed by atoms with Crippen molar-refractivity contribution in [3.63, 3.8) is 0 Å². The highest BCUT2D eigenvalue weighted by Crippen LogP contribution is 2.15.